The number of methoxy groups -OCH3 is 1. The van der Waals surface area contributed by atoms with Gasteiger partial charge in [0.1, 0.15) is 5.82 Å². The topological polar surface area (TPSA) is 53.4 Å². The molecule has 31 heavy (non-hydrogen) atoms. The van der Waals surface area contributed by atoms with Crippen molar-refractivity contribution >= 4 is 11.8 Å². The lowest BCUT2D eigenvalue weighted by atomic mass is 9.99. The average Bonchev–Trinajstić information content (AvgIpc) is 2.74. The van der Waals surface area contributed by atoms with Gasteiger partial charge in [-0.2, -0.15) is 0 Å². The predicted octanol–water partition coefficient (Wildman–Crippen LogP) is 5.14. The Balaban J connectivity index is 1.77. The van der Waals surface area contributed by atoms with E-state index in [9.17, 15) is 9.18 Å². The van der Waals surface area contributed by atoms with Crippen LogP contribution >= 0.6 is 11.8 Å². The Kier molecular flexibility index (Phi) is 7.38. The summed E-state index contributed by atoms with van der Waals surface area (Å²) in [5.41, 5.74) is 1.07. The fourth-order valence-corrected chi connectivity index (χ4v) is 3.75. The maximum Gasteiger partial charge on any atom is 0.287 e. The van der Waals surface area contributed by atoms with Crippen molar-refractivity contribution < 1.29 is 13.9 Å². The van der Waals surface area contributed by atoms with E-state index in [1.54, 1.807) is 49.8 Å². The zero-order valence-corrected chi connectivity index (χ0v) is 19.0. The molecular weight excluding hydrogens is 415 g/mol. The number of hydrogen-bond acceptors (Lipinski definition) is 5. The van der Waals surface area contributed by atoms with E-state index in [1.165, 1.54) is 22.4 Å². The number of halogens is 1. The first kappa shape index (κ1) is 22.9. The molecule has 0 spiro atoms. The number of thioether (sulfide) groups is 1. The van der Waals surface area contributed by atoms with Crippen LogP contribution in [0.25, 0.3) is 5.69 Å². The molecule has 0 saturated heterocycles. The Bertz CT molecular complexity index is 1090. The summed E-state index contributed by atoms with van der Waals surface area (Å²) >= 11 is 1.32. The summed E-state index contributed by atoms with van der Waals surface area (Å²) in [4.78, 5) is 17.2. The van der Waals surface area contributed by atoms with Gasteiger partial charge in [-0.1, -0.05) is 39.0 Å². The van der Waals surface area contributed by atoms with Gasteiger partial charge in [-0.3, -0.25) is 9.36 Å². The fourth-order valence-electron chi connectivity index (χ4n) is 2.87. The SMILES string of the molecule is COc1cc(-n2ccnc(SCCc3ccccc3F)c2=O)ccc1OCC(C)(C)C. The van der Waals surface area contributed by atoms with Crippen molar-refractivity contribution in [1.29, 1.82) is 0 Å². The van der Waals surface area contributed by atoms with Crippen LogP contribution < -0.4 is 15.0 Å². The standard InChI is InChI=1S/C24H27FN2O3S/c1-24(2,3)16-30-20-10-9-18(15-21(20)29-4)27-13-12-26-22(23(27)28)31-14-11-17-7-5-6-8-19(17)25/h5-10,12-13,15H,11,14,16H2,1-4H3. The van der Waals surface area contributed by atoms with E-state index in [1.807, 2.05) is 6.07 Å². The van der Waals surface area contributed by atoms with E-state index in [4.69, 9.17) is 9.47 Å². The molecule has 1 aromatic heterocycles. The molecule has 0 fully saturated rings. The van der Waals surface area contributed by atoms with Crippen molar-refractivity contribution in [3.05, 3.63) is 76.6 Å². The number of nitrogens with zero attached hydrogens (tertiary/aromatic N) is 2. The van der Waals surface area contributed by atoms with Gasteiger partial charge < -0.3 is 9.47 Å². The molecule has 0 N–H and O–H groups in total. The summed E-state index contributed by atoms with van der Waals surface area (Å²) in [5.74, 6) is 1.50. The van der Waals surface area contributed by atoms with Gasteiger partial charge in [0, 0.05) is 24.2 Å². The number of rotatable bonds is 8. The van der Waals surface area contributed by atoms with Crippen molar-refractivity contribution in [2.45, 2.75) is 32.2 Å². The predicted molar refractivity (Wildman–Crippen MR) is 122 cm³/mol. The lowest BCUT2D eigenvalue weighted by Gasteiger charge is -2.20. The van der Waals surface area contributed by atoms with Gasteiger partial charge in [-0.05, 0) is 35.6 Å². The second-order valence-electron chi connectivity index (χ2n) is 8.28. The third-order valence-electron chi connectivity index (χ3n) is 4.46. The van der Waals surface area contributed by atoms with Gasteiger partial charge in [0.15, 0.2) is 16.5 Å². The van der Waals surface area contributed by atoms with Gasteiger partial charge in [0.05, 0.1) is 19.4 Å². The molecule has 5 nitrogen and oxygen atoms in total. The summed E-state index contributed by atoms with van der Waals surface area (Å²) in [6.45, 7) is 6.82. The number of ether oxygens (including phenoxy) is 2. The molecular formula is C24H27FN2O3S. The van der Waals surface area contributed by atoms with Gasteiger partial charge >= 0.3 is 0 Å². The lowest BCUT2D eigenvalue weighted by molar-refractivity contribution is 0.191. The summed E-state index contributed by atoms with van der Waals surface area (Å²) in [6, 6.07) is 12.1. The van der Waals surface area contributed by atoms with Crippen molar-refractivity contribution in [3.63, 3.8) is 0 Å². The van der Waals surface area contributed by atoms with E-state index in [2.05, 4.69) is 25.8 Å². The molecule has 164 valence electrons. The molecule has 3 aromatic rings. The molecule has 1 heterocycles. The van der Waals surface area contributed by atoms with E-state index in [0.29, 0.717) is 46.6 Å². The van der Waals surface area contributed by atoms with Crippen molar-refractivity contribution in [3.8, 4) is 17.2 Å². The van der Waals surface area contributed by atoms with E-state index in [-0.39, 0.29) is 16.8 Å². The van der Waals surface area contributed by atoms with E-state index in [0.717, 1.165) is 0 Å². The highest BCUT2D eigenvalue weighted by Crippen LogP contribution is 2.30. The van der Waals surface area contributed by atoms with E-state index < -0.39 is 0 Å². The number of benzene rings is 2. The minimum Gasteiger partial charge on any atom is -0.493 e. The molecule has 0 aliphatic rings. The minimum atomic E-state index is -0.234. The summed E-state index contributed by atoms with van der Waals surface area (Å²) in [6.07, 6.45) is 3.72. The zero-order chi connectivity index (χ0) is 22.4. The van der Waals surface area contributed by atoms with Crippen LogP contribution in [0.4, 0.5) is 4.39 Å². The summed E-state index contributed by atoms with van der Waals surface area (Å²) in [7, 11) is 1.57. The van der Waals surface area contributed by atoms with Crippen LogP contribution in [-0.4, -0.2) is 29.0 Å². The minimum absolute atomic E-state index is 0.0144. The molecule has 0 saturated carbocycles. The third-order valence-corrected chi connectivity index (χ3v) is 5.43. The Hall–Kier alpha value is -2.80. The second kappa shape index (κ2) is 10.0. The quantitative estimate of drug-likeness (QED) is 0.452. The summed E-state index contributed by atoms with van der Waals surface area (Å²) < 4.78 is 26.7. The van der Waals surface area contributed by atoms with Crippen molar-refractivity contribution in [2.75, 3.05) is 19.5 Å². The Morgan fingerprint density at radius 1 is 1.13 bits per heavy atom. The molecule has 7 heteroatoms. The van der Waals surface area contributed by atoms with Crippen LogP contribution in [0.3, 0.4) is 0 Å². The Labute approximate surface area is 186 Å². The normalized spacial score (nSPS) is 11.4. The Morgan fingerprint density at radius 2 is 1.90 bits per heavy atom. The maximum atomic E-state index is 13.8. The van der Waals surface area contributed by atoms with Crippen molar-refractivity contribution in [2.24, 2.45) is 5.41 Å². The van der Waals surface area contributed by atoms with Crippen LogP contribution in [0, 0.1) is 11.2 Å². The molecule has 0 atom stereocenters. The Morgan fingerprint density at radius 3 is 2.61 bits per heavy atom. The van der Waals surface area contributed by atoms with Gasteiger partial charge in [-0.15, -0.1) is 11.8 Å². The molecule has 0 aliphatic carbocycles. The molecule has 0 bridgehead atoms. The largest absolute Gasteiger partial charge is 0.493 e. The summed E-state index contributed by atoms with van der Waals surface area (Å²) in [5, 5.41) is 0.367. The average molecular weight is 443 g/mol. The molecule has 0 radical (unpaired) electrons. The molecule has 2 aromatic carbocycles. The molecule has 0 unspecified atom stereocenters. The maximum absolute atomic E-state index is 13.8. The fraction of sp³-hybridized carbons (Fsp3) is 0.333. The van der Waals surface area contributed by atoms with Gasteiger partial charge in [0.25, 0.3) is 5.56 Å². The number of aryl methyl sites for hydroxylation is 1. The van der Waals surface area contributed by atoms with Crippen LogP contribution in [-0.2, 0) is 6.42 Å². The first-order chi connectivity index (χ1) is 14.8. The van der Waals surface area contributed by atoms with Crippen molar-refractivity contribution in [1.82, 2.24) is 9.55 Å². The van der Waals surface area contributed by atoms with Crippen LogP contribution in [0.5, 0.6) is 11.5 Å². The van der Waals surface area contributed by atoms with Crippen LogP contribution in [0.2, 0.25) is 0 Å². The monoisotopic (exact) mass is 442 g/mol. The van der Waals surface area contributed by atoms with Crippen LogP contribution in [0.1, 0.15) is 26.3 Å². The van der Waals surface area contributed by atoms with Gasteiger partial charge in [-0.25, -0.2) is 9.37 Å². The highest BCUT2D eigenvalue weighted by Gasteiger charge is 2.15. The third kappa shape index (κ3) is 6.10. The van der Waals surface area contributed by atoms with E-state index >= 15 is 0 Å². The van der Waals surface area contributed by atoms with Gasteiger partial charge in [0.2, 0.25) is 0 Å². The zero-order valence-electron chi connectivity index (χ0n) is 18.2. The first-order valence-corrected chi connectivity index (χ1v) is 11.0. The molecule has 3 rings (SSSR count). The highest BCUT2D eigenvalue weighted by atomic mass is 32.2. The smallest absolute Gasteiger partial charge is 0.287 e. The first-order valence-electron chi connectivity index (χ1n) is 10.0. The molecule has 0 amide bonds. The lowest BCUT2D eigenvalue weighted by Crippen LogP contribution is -2.21. The molecule has 0 aliphatic heterocycles. The second-order valence-corrected chi connectivity index (χ2v) is 9.37. The highest BCUT2D eigenvalue weighted by molar-refractivity contribution is 7.99. The van der Waals surface area contributed by atoms with Crippen LogP contribution in [0.15, 0.2) is 64.7 Å². The number of hydrogen-bond donors (Lipinski definition) is 0. The number of aromatic nitrogens is 2.